The zero-order valence-corrected chi connectivity index (χ0v) is 10.2. The number of nitrogens with one attached hydrogen (secondary N) is 2. The molecule has 2 N–H and O–H groups in total. The number of nitrogens with zero attached hydrogens (tertiary/aromatic N) is 1. The van der Waals surface area contributed by atoms with Crippen LogP contribution in [0.5, 0.6) is 0 Å². The van der Waals surface area contributed by atoms with Crippen LogP contribution >= 0.6 is 0 Å². The van der Waals surface area contributed by atoms with Crippen molar-refractivity contribution >= 4 is 5.91 Å². The summed E-state index contributed by atoms with van der Waals surface area (Å²) in [4.78, 5) is 14.1. The molecule has 1 aliphatic heterocycles. The quantitative estimate of drug-likeness (QED) is 0.641. The second kappa shape index (κ2) is 5.64. The first-order valence-electron chi connectivity index (χ1n) is 6.53. The molecule has 0 spiro atoms. The summed E-state index contributed by atoms with van der Waals surface area (Å²) in [5, 5.41) is 6.30. The Morgan fingerprint density at radius 1 is 1.38 bits per heavy atom. The highest BCUT2D eigenvalue weighted by Crippen LogP contribution is 2.29. The number of carbonyl (C=O) groups excluding carboxylic acids is 1. The van der Waals surface area contributed by atoms with Gasteiger partial charge in [-0.05, 0) is 25.8 Å². The highest BCUT2D eigenvalue weighted by atomic mass is 16.1. The van der Waals surface area contributed by atoms with Crippen LogP contribution in [-0.4, -0.2) is 49.1 Å². The molecule has 16 heavy (non-hydrogen) atoms. The van der Waals surface area contributed by atoms with Gasteiger partial charge >= 0.3 is 0 Å². The van der Waals surface area contributed by atoms with Gasteiger partial charge in [0.15, 0.2) is 0 Å². The highest BCUT2D eigenvalue weighted by Gasteiger charge is 2.34. The minimum Gasteiger partial charge on any atom is -0.352 e. The van der Waals surface area contributed by atoms with E-state index in [9.17, 15) is 4.79 Å². The minimum atomic E-state index is 0.198. The molecular formula is C12H23N3O. The van der Waals surface area contributed by atoms with E-state index in [-0.39, 0.29) is 5.91 Å². The van der Waals surface area contributed by atoms with Crippen molar-refractivity contribution in [2.24, 2.45) is 0 Å². The van der Waals surface area contributed by atoms with Crippen molar-refractivity contribution in [1.82, 2.24) is 15.5 Å². The highest BCUT2D eigenvalue weighted by molar-refractivity contribution is 5.76. The zero-order chi connectivity index (χ0) is 11.4. The van der Waals surface area contributed by atoms with Gasteiger partial charge in [0.25, 0.3) is 0 Å². The van der Waals surface area contributed by atoms with Crippen LogP contribution in [0, 0.1) is 0 Å². The Labute approximate surface area is 97.8 Å². The van der Waals surface area contributed by atoms with Crippen molar-refractivity contribution < 1.29 is 4.79 Å². The Morgan fingerprint density at radius 2 is 2.19 bits per heavy atom. The maximum atomic E-state index is 11.6. The van der Waals surface area contributed by atoms with E-state index in [4.69, 9.17) is 0 Å². The largest absolute Gasteiger partial charge is 0.352 e. The van der Waals surface area contributed by atoms with Crippen LogP contribution in [0.1, 0.15) is 32.6 Å². The fourth-order valence-electron chi connectivity index (χ4n) is 2.35. The van der Waals surface area contributed by atoms with Gasteiger partial charge in [-0.2, -0.15) is 0 Å². The number of hydrogen-bond acceptors (Lipinski definition) is 3. The molecule has 1 heterocycles. The third-order valence-electron chi connectivity index (χ3n) is 3.43. The first-order chi connectivity index (χ1) is 7.79. The molecule has 1 saturated heterocycles. The smallest absolute Gasteiger partial charge is 0.221 e. The maximum Gasteiger partial charge on any atom is 0.221 e. The molecule has 0 aromatic heterocycles. The third-order valence-corrected chi connectivity index (χ3v) is 3.43. The molecule has 2 aliphatic rings. The molecule has 4 nitrogen and oxygen atoms in total. The summed E-state index contributed by atoms with van der Waals surface area (Å²) in [7, 11) is 0. The summed E-state index contributed by atoms with van der Waals surface area (Å²) >= 11 is 0. The Morgan fingerprint density at radius 3 is 2.88 bits per heavy atom. The summed E-state index contributed by atoms with van der Waals surface area (Å²) in [6.07, 6.45) is 4.46. The van der Waals surface area contributed by atoms with Gasteiger partial charge < -0.3 is 10.6 Å². The molecule has 0 bridgehead atoms. The van der Waals surface area contributed by atoms with Crippen molar-refractivity contribution in [3.8, 4) is 0 Å². The van der Waals surface area contributed by atoms with Crippen molar-refractivity contribution in [2.45, 2.75) is 44.7 Å². The lowest BCUT2D eigenvalue weighted by atomic mass is 10.2. The van der Waals surface area contributed by atoms with Gasteiger partial charge in [-0.1, -0.05) is 6.92 Å². The second-order valence-corrected chi connectivity index (χ2v) is 4.88. The lowest BCUT2D eigenvalue weighted by molar-refractivity contribution is -0.121. The van der Waals surface area contributed by atoms with Gasteiger partial charge in [0.2, 0.25) is 5.91 Å². The Kier molecular flexibility index (Phi) is 4.18. The molecule has 0 aromatic carbocycles. The molecule has 4 heteroatoms. The fraction of sp³-hybridized carbons (Fsp3) is 0.917. The molecule has 1 atom stereocenters. The average molecular weight is 225 g/mol. The van der Waals surface area contributed by atoms with Crippen LogP contribution in [0.15, 0.2) is 0 Å². The SMILES string of the molecule is CCNCCC(=O)NC1CCN(C2CC2)C1. The van der Waals surface area contributed by atoms with Gasteiger partial charge in [0, 0.05) is 38.1 Å². The summed E-state index contributed by atoms with van der Waals surface area (Å²) in [6, 6.07) is 1.23. The van der Waals surface area contributed by atoms with E-state index in [2.05, 4.69) is 22.5 Å². The van der Waals surface area contributed by atoms with E-state index < -0.39 is 0 Å². The zero-order valence-electron chi connectivity index (χ0n) is 10.2. The molecule has 1 saturated carbocycles. The summed E-state index contributed by atoms with van der Waals surface area (Å²) in [6.45, 7) is 6.02. The maximum absolute atomic E-state index is 11.6. The Balaban J connectivity index is 1.60. The molecule has 1 aliphatic carbocycles. The van der Waals surface area contributed by atoms with Crippen LogP contribution in [0.3, 0.4) is 0 Å². The lowest BCUT2D eigenvalue weighted by Crippen LogP contribution is -2.38. The molecule has 1 unspecified atom stereocenters. The molecule has 2 rings (SSSR count). The predicted molar refractivity (Wildman–Crippen MR) is 64.3 cm³/mol. The molecule has 2 fully saturated rings. The third kappa shape index (κ3) is 3.46. The van der Waals surface area contributed by atoms with E-state index in [1.165, 1.54) is 19.4 Å². The van der Waals surface area contributed by atoms with Crippen LogP contribution in [0.25, 0.3) is 0 Å². The van der Waals surface area contributed by atoms with E-state index in [1.807, 2.05) is 0 Å². The van der Waals surface area contributed by atoms with Gasteiger partial charge in [-0.15, -0.1) is 0 Å². The Bertz CT molecular complexity index is 240. The first-order valence-corrected chi connectivity index (χ1v) is 6.53. The average Bonchev–Trinajstić information content (AvgIpc) is 3.01. The van der Waals surface area contributed by atoms with Gasteiger partial charge in [0.1, 0.15) is 0 Å². The number of rotatable bonds is 6. The van der Waals surface area contributed by atoms with Crippen molar-refractivity contribution in [2.75, 3.05) is 26.2 Å². The van der Waals surface area contributed by atoms with E-state index in [0.29, 0.717) is 12.5 Å². The van der Waals surface area contributed by atoms with Crippen LogP contribution in [-0.2, 0) is 4.79 Å². The van der Waals surface area contributed by atoms with Crippen LogP contribution in [0.4, 0.5) is 0 Å². The number of carbonyl (C=O) groups is 1. The monoisotopic (exact) mass is 225 g/mol. The van der Waals surface area contributed by atoms with Crippen LogP contribution < -0.4 is 10.6 Å². The number of likely N-dealkylation sites (tertiary alicyclic amines) is 1. The van der Waals surface area contributed by atoms with Gasteiger partial charge in [0.05, 0.1) is 0 Å². The summed E-state index contributed by atoms with van der Waals surface area (Å²) in [5.74, 6) is 0.198. The van der Waals surface area contributed by atoms with E-state index >= 15 is 0 Å². The molecular weight excluding hydrogens is 202 g/mol. The topological polar surface area (TPSA) is 44.4 Å². The predicted octanol–water partition coefficient (Wildman–Crippen LogP) is 0.339. The second-order valence-electron chi connectivity index (χ2n) is 4.88. The first kappa shape index (κ1) is 11.9. The summed E-state index contributed by atoms with van der Waals surface area (Å²) < 4.78 is 0. The van der Waals surface area contributed by atoms with Crippen molar-refractivity contribution in [3.05, 3.63) is 0 Å². The van der Waals surface area contributed by atoms with Gasteiger partial charge in [-0.3, -0.25) is 9.69 Å². The normalized spacial score (nSPS) is 25.9. The molecule has 92 valence electrons. The van der Waals surface area contributed by atoms with Crippen molar-refractivity contribution in [1.29, 1.82) is 0 Å². The molecule has 0 aromatic rings. The molecule has 1 amide bonds. The number of hydrogen-bond donors (Lipinski definition) is 2. The molecule has 0 radical (unpaired) electrons. The Hall–Kier alpha value is -0.610. The lowest BCUT2D eigenvalue weighted by Gasteiger charge is -2.15. The number of amides is 1. The summed E-state index contributed by atoms with van der Waals surface area (Å²) in [5.41, 5.74) is 0. The van der Waals surface area contributed by atoms with E-state index in [0.717, 1.165) is 32.1 Å². The van der Waals surface area contributed by atoms with E-state index in [1.54, 1.807) is 0 Å². The van der Waals surface area contributed by atoms with Crippen molar-refractivity contribution in [3.63, 3.8) is 0 Å². The minimum absolute atomic E-state index is 0.198. The van der Waals surface area contributed by atoms with Crippen LogP contribution in [0.2, 0.25) is 0 Å². The van der Waals surface area contributed by atoms with Gasteiger partial charge in [-0.25, -0.2) is 0 Å². The fourth-order valence-corrected chi connectivity index (χ4v) is 2.35. The standard InChI is InChI=1S/C12H23N3O/c1-2-13-7-5-12(16)14-10-6-8-15(9-10)11-3-4-11/h10-11,13H,2-9H2,1H3,(H,14,16).